The highest BCUT2D eigenvalue weighted by molar-refractivity contribution is 5.91. The molecule has 0 atom stereocenters. The molecule has 0 fully saturated rings. The fourth-order valence-electron chi connectivity index (χ4n) is 1.33. The Morgan fingerprint density at radius 1 is 1.33 bits per heavy atom. The van der Waals surface area contributed by atoms with Gasteiger partial charge in [-0.3, -0.25) is 0 Å². The van der Waals surface area contributed by atoms with Crippen molar-refractivity contribution in [3.63, 3.8) is 0 Å². The third-order valence-electron chi connectivity index (χ3n) is 2.20. The zero-order valence-corrected chi connectivity index (χ0v) is 10.7. The molecular weight excluding hydrogens is 226 g/mol. The van der Waals surface area contributed by atoms with Gasteiger partial charge < -0.3 is 9.57 Å². The van der Waals surface area contributed by atoms with Crippen LogP contribution >= 0.6 is 0 Å². The van der Waals surface area contributed by atoms with Gasteiger partial charge in [-0.05, 0) is 29.6 Å². The summed E-state index contributed by atoms with van der Waals surface area (Å²) in [5, 5.41) is 3.82. The molecule has 0 aliphatic heterocycles. The van der Waals surface area contributed by atoms with Crippen LogP contribution in [0.2, 0.25) is 0 Å². The third-order valence-corrected chi connectivity index (χ3v) is 2.20. The van der Waals surface area contributed by atoms with Gasteiger partial charge in [-0.15, -0.1) is 6.58 Å². The number of hydrogen-bond acceptors (Lipinski definition) is 3. The Morgan fingerprint density at radius 3 is 2.78 bits per heavy atom. The van der Waals surface area contributed by atoms with Crippen molar-refractivity contribution in [3.8, 4) is 0 Å². The Morgan fingerprint density at radius 2 is 2.11 bits per heavy atom. The fourth-order valence-corrected chi connectivity index (χ4v) is 1.33. The maximum Gasteiger partial charge on any atom is 0.250 e. The number of hydrogen-bond donors (Lipinski definition) is 0. The lowest BCUT2D eigenvalue weighted by Gasteiger charge is -2.03. The van der Waals surface area contributed by atoms with Crippen molar-refractivity contribution in [2.45, 2.75) is 12.8 Å². The molecule has 0 heterocycles. The summed E-state index contributed by atoms with van der Waals surface area (Å²) in [7, 11) is 1.50. The van der Waals surface area contributed by atoms with Gasteiger partial charge in [-0.2, -0.15) is 0 Å². The van der Waals surface area contributed by atoms with Crippen LogP contribution in [0.4, 0.5) is 0 Å². The van der Waals surface area contributed by atoms with Crippen LogP contribution in [-0.2, 0) is 9.57 Å². The minimum absolute atomic E-state index is 0.477. The average Bonchev–Trinajstić information content (AvgIpc) is 2.42. The summed E-state index contributed by atoms with van der Waals surface area (Å²) in [6.07, 6.45) is 7.46. The first-order valence-electron chi connectivity index (χ1n) is 5.95. The van der Waals surface area contributed by atoms with E-state index in [0.29, 0.717) is 12.5 Å². The van der Waals surface area contributed by atoms with Crippen molar-refractivity contribution < 1.29 is 9.57 Å². The van der Waals surface area contributed by atoms with Crippen molar-refractivity contribution >= 4 is 12.0 Å². The lowest BCUT2D eigenvalue weighted by Crippen LogP contribution is -2.03. The monoisotopic (exact) mass is 245 g/mol. The summed E-state index contributed by atoms with van der Waals surface area (Å²) in [6.45, 7) is 4.27. The van der Waals surface area contributed by atoms with Gasteiger partial charge in [0.15, 0.2) is 0 Å². The van der Waals surface area contributed by atoms with Crippen molar-refractivity contribution in [2.75, 3.05) is 13.7 Å². The van der Waals surface area contributed by atoms with Crippen LogP contribution in [0.15, 0.2) is 54.2 Å². The van der Waals surface area contributed by atoms with Gasteiger partial charge >= 0.3 is 0 Å². The minimum Gasteiger partial charge on any atom is -0.476 e. The molecular formula is C15H19NO2. The summed E-state index contributed by atoms with van der Waals surface area (Å²) in [5.74, 6) is 0.477. The summed E-state index contributed by atoms with van der Waals surface area (Å²) in [4.78, 5) is 4.74. The Kier molecular flexibility index (Phi) is 7.05. The highest BCUT2D eigenvalue weighted by Gasteiger charge is 1.96. The van der Waals surface area contributed by atoms with Crippen molar-refractivity contribution in [2.24, 2.45) is 5.16 Å². The summed E-state index contributed by atoms with van der Waals surface area (Å²) < 4.78 is 5.50. The molecule has 0 bridgehead atoms. The standard InChI is InChI=1S/C15H19NO2/c1-3-4-8-13-18-15(16-17-2)12-11-14-9-6-5-7-10-14/h3,5-7,9-12H,1,4,8,13H2,2H3/b12-11+,16-15-. The smallest absolute Gasteiger partial charge is 0.250 e. The topological polar surface area (TPSA) is 30.8 Å². The van der Waals surface area contributed by atoms with Gasteiger partial charge in [0.25, 0.3) is 0 Å². The van der Waals surface area contributed by atoms with Crippen LogP contribution in [-0.4, -0.2) is 19.6 Å². The second-order valence-corrected chi connectivity index (χ2v) is 3.64. The first-order valence-corrected chi connectivity index (χ1v) is 5.95. The third kappa shape index (κ3) is 5.89. The molecule has 3 nitrogen and oxygen atoms in total. The normalized spacial score (nSPS) is 11.5. The largest absolute Gasteiger partial charge is 0.476 e. The maximum absolute atomic E-state index is 5.50. The first kappa shape index (κ1) is 14.0. The second-order valence-electron chi connectivity index (χ2n) is 3.64. The van der Waals surface area contributed by atoms with E-state index in [2.05, 4.69) is 11.7 Å². The van der Waals surface area contributed by atoms with Gasteiger partial charge in [0.05, 0.1) is 6.61 Å². The molecule has 1 rings (SSSR count). The molecule has 0 unspecified atom stereocenters. The lowest BCUT2D eigenvalue weighted by atomic mass is 10.2. The van der Waals surface area contributed by atoms with E-state index < -0.39 is 0 Å². The molecule has 0 amide bonds. The first-order chi connectivity index (χ1) is 8.86. The number of nitrogens with zero attached hydrogens (tertiary/aromatic N) is 1. The summed E-state index contributed by atoms with van der Waals surface area (Å²) >= 11 is 0. The molecule has 3 heteroatoms. The molecule has 0 saturated carbocycles. The van der Waals surface area contributed by atoms with E-state index in [4.69, 9.17) is 9.57 Å². The Balaban J connectivity index is 2.50. The molecule has 0 aliphatic carbocycles. The van der Waals surface area contributed by atoms with Crippen LogP contribution in [0.5, 0.6) is 0 Å². The zero-order chi connectivity index (χ0) is 13.1. The molecule has 0 radical (unpaired) electrons. The van der Waals surface area contributed by atoms with Crippen molar-refractivity contribution in [1.82, 2.24) is 0 Å². The maximum atomic E-state index is 5.50. The Labute approximate surface area is 108 Å². The SMILES string of the molecule is C=CCCCOC(/C=C/c1ccccc1)=N\OC. The van der Waals surface area contributed by atoms with E-state index >= 15 is 0 Å². The van der Waals surface area contributed by atoms with Gasteiger partial charge in [-0.1, -0.05) is 36.4 Å². The van der Waals surface area contributed by atoms with E-state index in [0.717, 1.165) is 18.4 Å². The van der Waals surface area contributed by atoms with Gasteiger partial charge in [-0.25, -0.2) is 0 Å². The van der Waals surface area contributed by atoms with E-state index in [1.54, 1.807) is 6.08 Å². The van der Waals surface area contributed by atoms with Crippen molar-refractivity contribution in [1.29, 1.82) is 0 Å². The lowest BCUT2D eigenvalue weighted by molar-refractivity contribution is 0.191. The number of rotatable bonds is 7. The number of benzene rings is 1. The average molecular weight is 245 g/mol. The molecule has 1 aromatic rings. The highest BCUT2D eigenvalue weighted by atomic mass is 16.6. The van der Waals surface area contributed by atoms with E-state index in [9.17, 15) is 0 Å². The fraction of sp³-hybridized carbons (Fsp3) is 0.267. The molecule has 0 saturated heterocycles. The predicted octanol–water partition coefficient (Wildman–Crippen LogP) is 3.64. The molecule has 1 aromatic carbocycles. The molecule has 96 valence electrons. The van der Waals surface area contributed by atoms with E-state index in [-0.39, 0.29) is 0 Å². The number of ether oxygens (including phenoxy) is 1. The van der Waals surface area contributed by atoms with Gasteiger partial charge in [0, 0.05) is 6.08 Å². The van der Waals surface area contributed by atoms with Gasteiger partial charge in [0.1, 0.15) is 7.11 Å². The van der Waals surface area contributed by atoms with Crippen LogP contribution < -0.4 is 0 Å². The van der Waals surface area contributed by atoms with E-state index in [1.165, 1.54) is 7.11 Å². The zero-order valence-electron chi connectivity index (χ0n) is 10.7. The number of allylic oxidation sites excluding steroid dienone is 1. The molecule has 0 spiro atoms. The number of oxime groups is 1. The second kappa shape index (κ2) is 9.05. The minimum atomic E-state index is 0.477. The Hall–Kier alpha value is -2.03. The van der Waals surface area contributed by atoms with Crippen molar-refractivity contribution in [3.05, 3.63) is 54.6 Å². The summed E-state index contributed by atoms with van der Waals surface area (Å²) in [5.41, 5.74) is 1.09. The van der Waals surface area contributed by atoms with Crippen LogP contribution in [0, 0.1) is 0 Å². The molecule has 18 heavy (non-hydrogen) atoms. The quantitative estimate of drug-likeness (QED) is 0.241. The predicted molar refractivity (Wildman–Crippen MR) is 75.3 cm³/mol. The highest BCUT2D eigenvalue weighted by Crippen LogP contribution is 2.02. The van der Waals surface area contributed by atoms with E-state index in [1.807, 2.05) is 42.5 Å². The molecule has 0 N–H and O–H groups in total. The van der Waals surface area contributed by atoms with Crippen LogP contribution in [0.25, 0.3) is 6.08 Å². The van der Waals surface area contributed by atoms with Crippen LogP contribution in [0.3, 0.4) is 0 Å². The number of unbranched alkanes of at least 4 members (excludes halogenated alkanes) is 1. The van der Waals surface area contributed by atoms with Crippen LogP contribution in [0.1, 0.15) is 18.4 Å². The van der Waals surface area contributed by atoms with Gasteiger partial charge in [0.2, 0.25) is 5.90 Å². The molecule has 0 aliphatic rings. The summed E-state index contributed by atoms with van der Waals surface area (Å²) in [6, 6.07) is 9.97. The molecule has 0 aromatic heterocycles. The Bertz CT molecular complexity index is 396.